The summed E-state index contributed by atoms with van der Waals surface area (Å²) >= 11 is 0. The van der Waals surface area contributed by atoms with E-state index in [1.807, 2.05) is 6.07 Å². The van der Waals surface area contributed by atoms with E-state index in [2.05, 4.69) is 43.7 Å². The maximum Gasteiger partial charge on any atom is 0.522 e. The second kappa shape index (κ2) is 12.5. The molecule has 9 nitrogen and oxygen atoms in total. The normalized spacial score (nSPS) is 16.6. The molecule has 0 bridgehead atoms. The van der Waals surface area contributed by atoms with Crippen LogP contribution in [0.1, 0.15) is 39.0 Å². The van der Waals surface area contributed by atoms with Gasteiger partial charge in [0, 0.05) is 23.3 Å². The molecule has 34 heavy (non-hydrogen) atoms. The molecule has 2 heterocycles. The Morgan fingerprint density at radius 3 is 1.71 bits per heavy atom. The summed E-state index contributed by atoms with van der Waals surface area (Å²) in [5.74, 6) is 0.711. The molecule has 1 aliphatic heterocycles. The fourth-order valence-electron chi connectivity index (χ4n) is 1.86. The number of halogens is 6. The van der Waals surface area contributed by atoms with Crippen LogP contribution in [0, 0.1) is 5.41 Å². The van der Waals surface area contributed by atoms with Crippen LogP contribution in [0.5, 0.6) is 0 Å². The van der Waals surface area contributed by atoms with Crippen molar-refractivity contribution in [1.82, 2.24) is 4.98 Å². The Bertz CT molecular complexity index is 995. The van der Waals surface area contributed by atoms with Crippen molar-refractivity contribution in [3.63, 3.8) is 0 Å². The van der Waals surface area contributed by atoms with Crippen LogP contribution in [0.4, 0.5) is 26.3 Å². The Balaban J connectivity index is 0. The van der Waals surface area contributed by atoms with Crippen LogP contribution in [-0.2, 0) is 48.5 Å². The van der Waals surface area contributed by atoms with Gasteiger partial charge in [-0.3, -0.25) is 14.1 Å². The maximum absolute atomic E-state index is 10.7. The minimum Gasteiger partial charge on any atom is -0.474 e. The molecule has 0 saturated carbocycles. The van der Waals surface area contributed by atoms with Crippen molar-refractivity contribution in [3.05, 3.63) is 29.6 Å². The van der Waals surface area contributed by atoms with Gasteiger partial charge in [-0.1, -0.05) is 33.8 Å². The molecule has 2 N–H and O–H groups in total. The summed E-state index contributed by atoms with van der Waals surface area (Å²) in [4.78, 5) is 9.06. The van der Waals surface area contributed by atoms with Crippen molar-refractivity contribution in [2.45, 2.75) is 51.2 Å². The van der Waals surface area contributed by atoms with Gasteiger partial charge in [-0.15, -0.1) is 0 Å². The minimum absolute atomic E-state index is 0. The van der Waals surface area contributed by atoms with Crippen molar-refractivity contribution >= 4 is 26.1 Å². The van der Waals surface area contributed by atoms with E-state index in [0.29, 0.717) is 12.5 Å². The first kappa shape index (κ1) is 34.7. The zero-order chi connectivity index (χ0) is 26.5. The van der Waals surface area contributed by atoms with E-state index in [9.17, 15) is 26.3 Å². The number of rotatable bonds is 2. The number of ether oxygens (including phenoxy) is 1. The molecule has 0 aromatic carbocycles. The molecule has 0 saturated heterocycles. The van der Waals surface area contributed by atoms with Crippen molar-refractivity contribution in [3.8, 4) is 0 Å². The van der Waals surface area contributed by atoms with E-state index in [-0.39, 0.29) is 28.5 Å². The second-order valence-corrected chi connectivity index (χ2v) is 10.2. The molecule has 0 aliphatic carbocycles. The number of aliphatic imine (C=N–C) groups is 1. The molecule has 0 fully saturated rings. The third kappa shape index (κ3) is 11.3. The monoisotopic (exact) mass is 595 g/mol. The van der Waals surface area contributed by atoms with Gasteiger partial charge in [-0.2, -0.15) is 43.2 Å². The summed E-state index contributed by atoms with van der Waals surface area (Å²) in [5, 5.41) is 0. The zero-order valence-electron chi connectivity index (χ0n) is 17.9. The van der Waals surface area contributed by atoms with Crippen LogP contribution in [0.3, 0.4) is 0 Å². The maximum atomic E-state index is 10.7. The van der Waals surface area contributed by atoms with Crippen molar-refractivity contribution in [2.24, 2.45) is 10.4 Å². The van der Waals surface area contributed by atoms with Crippen LogP contribution in [-0.4, -0.2) is 60.5 Å². The predicted molar refractivity (Wildman–Crippen MR) is 105 cm³/mol. The Labute approximate surface area is 203 Å². The van der Waals surface area contributed by atoms with E-state index in [0.717, 1.165) is 12.1 Å². The standard InChI is InChI=1S/C14H20N2O.2CHF3O3S.Cu/c1-5-10-7-6-8-15-12(10)13-16-11(9-17-13)14(2,3)4;2*2-1(3,4)8(5,6)7;/h6-8,11H,5,9H2,1-4H3;2*(H,5,6,7);/t11-;;;/m1.../s1. The molecule has 0 amide bonds. The first-order valence-electron chi connectivity index (χ1n) is 8.74. The van der Waals surface area contributed by atoms with Gasteiger partial charge in [0.25, 0.3) is 0 Å². The van der Waals surface area contributed by atoms with Crippen molar-refractivity contribution in [1.29, 1.82) is 0 Å². The van der Waals surface area contributed by atoms with E-state index < -0.39 is 31.3 Å². The fourth-order valence-corrected chi connectivity index (χ4v) is 1.86. The predicted octanol–water partition coefficient (Wildman–Crippen LogP) is 3.62. The molecule has 1 atom stereocenters. The number of hydrogen-bond acceptors (Lipinski definition) is 7. The van der Waals surface area contributed by atoms with Gasteiger partial charge in [0.1, 0.15) is 12.3 Å². The summed E-state index contributed by atoms with van der Waals surface area (Å²) in [6, 6.07) is 4.27. The van der Waals surface area contributed by atoms with Crippen LogP contribution in [0.2, 0.25) is 0 Å². The van der Waals surface area contributed by atoms with E-state index >= 15 is 0 Å². The fraction of sp³-hybridized carbons (Fsp3) is 0.625. The third-order valence-electron chi connectivity index (χ3n) is 3.71. The largest absolute Gasteiger partial charge is 0.522 e. The summed E-state index contributed by atoms with van der Waals surface area (Å²) in [5.41, 5.74) is -8.83. The number of aromatic nitrogens is 1. The quantitative estimate of drug-likeness (QED) is 0.228. The Morgan fingerprint density at radius 1 is 1.00 bits per heavy atom. The molecular formula is C16H22CuF6N2O7S2. The first-order valence-corrected chi connectivity index (χ1v) is 11.6. The van der Waals surface area contributed by atoms with Gasteiger partial charge < -0.3 is 4.74 Å². The molecule has 1 radical (unpaired) electrons. The molecule has 0 unspecified atom stereocenters. The molecule has 1 aromatic heterocycles. The number of alkyl halides is 6. The third-order valence-corrected chi connectivity index (χ3v) is 4.88. The number of hydrogen-bond donors (Lipinski definition) is 2. The minimum atomic E-state index is -5.84. The van der Waals surface area contributed by atoms with Crippen LogP contribution < -0.4 is 0 Å². The summed E-state index contributed by atoms with van der Waals surface area (Å²) in [6.45, 7) is 9.35. The summed E-state index contributed by atoms with van der Waals surface area (Å²) in [7, 11) is -11.7. The molecule has 18 heteroatoms. The zero-order valence-corrected chi connectivity index (χ0v) is 20.5. The van der Waals surface area contributed by atoms with Crippen molar-refractivity contribution < 1.29 is 74.1 Å². The smallest absolute Gasteiger partial charge is 0.474 e. The SMILES string of the molecule is CCc1cccnc1C1=N[C@@H](C(C)(C)C)CO1.O=S(=O)(O)C(F)(F)F.O=S(=O)(O)C(F)(F)F.[Cu]. The van der Waals surface area contributed by atoms with E-state index in [4.69, 9.17) is 30.7 Å². The Morgan fingerprint density at radius 2 is 1.41 bits per heavy atom. The van der Waals surface area contributed by atoms with E-state index in [1.54, 1.807) is 6.20 Å². The van der Waals surface area contributed by atoms with E-state index in [1.165, 1.54) is 5.56 Å². The van der Waals surface area contributed by atoms with Gasteiger partial charge in [0.15, 0.2) is 0 Å². The topological polar surface area (TPSA) is 143 Å². The molecule has 0 spiro atoms. The van der Waals surface area contributed by atoms with Crippen LogP contribution in [0.25, 0.3) is 0 Å². The van der Waals surface area contributed by atoms with Crippen LogP contribution >= 0.6 is 0 Å². The van der Waals surface area contributed by atoms with Gasteiger partial charge >= 0.3 is 31.3 Å². The number of aryl methyl sites for hydroxylation is 1. The molecule has 2 rings (SSSR count). The first-order chi connectivity index (χ1) is 14.5. The van der Waals surface area contributed by atoms with Gasteiger partial charge in [-0.25, -0.2) is 4.99 Å². The van der Waals surface area contributed by atoms with Gasteiger partial charge in [0.05, 0.1) is 6.04 Å². The van der Waals surface area contributed by atoms with Gasteiger partial charge in [-0.05, 0) is 23.5 Å². The second-order valence-electron chi connectivity index (χ2n) is 7.33. The average molecular weight is 596 g/mol. The molecular weight excluding hydrogens is 574 g/mol. The van der Waals surface area contributed by atoms with Crippen LogP contribution in [0.15, 0.2) is 23.3 Å². The number of pyridine rings is 1. The number of nitrogens with zero attached hydrogens (tertiary/aromatic N) is 2. The Kier molecular flexibility index (Phi) is 12.7. The molecule has 1 aromatic rings. The molecule has 203 valence electrons. The Hall–Kier alpha value is -1.46. The van der Waals surface area contributed by atoms with Gasteiger partial charge in [0.2, 0.25) is 5.90 Å². The van der Waals surface area contributed by atoms with Crippen molar-refractivity contribution in [2.75, 3.05) is 6.61 Å². The molecule has 1 aliphatic rings. The summed E-state index contributed by atoms with van der Waals surface area (Å²) in [6.07, 6.45) is 2.75. The average Bonchev–Trinajstić information content (AvgIpc) is 3.09. The summed E-state index contributed by atoms with van der Waals surface area (Å²) < 4.78 is 121.